The van der Waals surface area contributed by atoms with Crippen LogP contribution in [0.1, 0.15) is 33.4 Å². The number of ether oxygens (including phenoxy) is 2. The van der Waals surface area contributed by atoms with Crippen molar-refractivity contribution in [3.63, 3.8) is 0 Å². The standard InChI is InChI=1S/C23H30N2O4S/c1-15-16(2)18(4)23(19(5)17(15)3)30(26,27)25-10-8-24(9-11-25)13-20-6-7-21-22(12-20)29-14-28-21/h6-7,12H,8-11,13-14H2,1-5H3. The molecule has 0 aliphatic carbocycles. The number of piperazine rings is 1. The van der Waals surface area contributed by atoms with Gasteiger partial charge in [-0.25, -0.2) is 8.42 Å². The lowest BCUT2D eigenvalue weighted by atomic mass is 9.95. The van der Waals surface area contributed by atoms with Crippen molar-refractivity contribution in [2.24, 2.45) is 0 Å². The van der Waals surface area contributed by atoms with Gasteiger partial charge in [0.15, 0.2) is 11.5 Å². The third kappa shape index (κ3) is 3.59. The van der Waals surface area contributed by atoms with Gasteiger partial charge in [-0.05, 0) is 80.1 Å². The average molecular weight is 431 g/mol. The maximum absolute atomic E-state index is 13.5. The molecule has 0 bridgehead atoms. The van der Waals surface area contributed by atoms with Crippen molar-refractivity contribution >= 4 is 10.0 Å². The smallest absolute Gasteiger partial charge is 0.243 e. The molecule has 0 amide bonds. The van der Waals surface area contributed by atoms with Crippen LogP contribution in [0, 0.1) is 34.6 Å². The summed E-state index contributed by atoms with van der Waals surface area (Å²) in [7, 11) is -3.52. The summed E-state index contributed by atoms with van der Waals surface area (Å²) < 4.78 is 39.5. The SMILES string of the molecule is Cc1c(C)c(C)c(S(=O)(=O)N2CCN(Cc3ccc4c(c3)OCO4)CC2)c(C)c1C. The summed E-state index contributed by atoms with van der Waals surface area (Å²) in [6.07, 6.45) is 0. The van der Waals surface area contributed by atoms with Crippen molar-refractivity contribution in [2.45, 2.75) is 46.1 Å². The summed E-state index contributed by atoms with van der Waals surface area (Å²) in [5, 5.41) is 0. The predicted octanol–water partition coefficient (Wildman–Crippen LogP) is 3.46. The first-order valence-corrected chi connectivity index (χ1v) is 11.8. The van der Waals surface area contributed by atoms with Crippen LogP contribution in [-0.2, 0) is 16.6 Å². The molecule has 0 spiro atoms. The van der Waals surface area contributed by atoms with E-state index in [0.29, 0.717) is 31.1 Å². The molecule has 0 aromatic heterocycles. The summed E-state index contributed by atoms with van der Waals surface area (Å²) in [6, 6.07) is 5.99. The van der Waals surface area contributed by atoms with Crippen LogP contribution in [0.2, 0.25) is 0 Å². The third-order valence-corrected chi connectivity index (χ3v) is 8.88. The van der Waals surface area contributed by atoms with E-state index in [1.54, 1.807) is 4.31 Å². The molecular weight excluding hydrogens is 400 g/mol. The first-order chi connectivity index (χ1) is 14.2. The van der Waals surface area contributed by atoms with E-state index in [0.717, 1.165) is 45.9 Å². The zero-order valence-electron chi connectivity index (χ0n) is 18.4. The number of sulfonamides is 1. The van der Waals surface area contributed by atoms with Crippen molar-refractivity contribution in [1.29, 1.82) is 0 Å². The van der Waals surface area contributed by atoms with Crippen molar-refractivity contribution in [3.05, 3.63) is 51.6 Å². The van der Waals surface area contributed by atoms with Gasteiger partial charge >= 0.3 is 0 Å². The number of hydrogen-bond acceptors (Lipinski definition) is 5. The van der Waals surface area contributed by atoms with Crippen LogP contribution in [0.3, 0.4) is 0 Å². The minimum absolute atomic E-state index is 0.270. The minimum Gasteiger partial charge on any atom is -0.454 e. The Hall–Kier alpha value is -2.09. The maximum atomic E-state index is 13.5. The second kappa shape index (κ2) is 7.87. The van der Waals surface area contributed by atoms with Crippen LogP contribution < -0.4 is 9.47 Å². The van der Waals surface area contributed by atoms with Crippen LogP contribution in [-0.4, -0.2) is 50.6 Å². The lowest BCUT2D eigenvalue weighted by Gasteiger charge is -2.35. The van der Waals surface area contributed by atoms with Crippen molar-refractivity contribution in [3.8, 4) is 11.5 Å². The van der Waals surface area contributed by atoms with E-state index in [-0.39, 0.29) is 6.79 Å². The Morgan fingerprint density at radius 3 is 2.00 bits per heavy atom. The Labute approximate surface area is 179 Å². The molecule has 0 N–H and O–H groups in total. The van der Waals surface area contributed by atoms with Gasteiger partial charge in [0.1, 0.15) is 0 Å². The first kappa shape index (κ1) is 21.2. The Morgan fingerprint density at radius 1 is 0.800 bits per heavy atom. The Kier molecular flexibility index (Phi) is 5.55. The number of nitrogens with zero attached hydrogens (tertiary/aromatic N) is 2. The molecular formula is C23H30N2O4S. The highest BCUT2D eigenvalue weighted by atomic mass is 32.2. The van der Waals surface area contributed by atoms with E-state index in [1.165, 1.54) is 5.56 Å². The molecule has 0 saturated carbocycles. The van der Waals surface area contributed by atoms with Crippen molar-refractivity contribution < 1.29 is 17.9 Å². The second-order valence-corrected chi connectivity index (χ2v) is 10.2. The maximum Gasteiger partial charge on any atom is 0.243 e. The normalized spacial score (nSPS) is 17.5. The van der Waals surface area contributed by atoms with Gasteiger partial charge in [0.2, 0.25) is 16.8 Å². The molecule has 0 atom stereocenters. The van der Waals surface area contributed by atoms with Gasteiger partial charge in [-0.1, -0.05) is 6.07 Å². The van der Waals surface area contributed by atoms with Crippen LogP contribution in [0.25, 0.3) is 0 Å². The number of benzene rings is 2. The first-order valence-electron chi connectivity index (χ1n) is 10.4. The Balaban J connectivity index is 1.49. The fraction of sp³-hybridized carbons (Fsp3) is 0.478. The highest BCUT2D eigenvalue weighted by Gasteiger charge is 2.32. The van der Waals surface area contributed by atoms with E-state index < -0.39 is 10.0 Å². The van der Waals surface area contributed by atoms with Crippen molar-refractivity contribution in [1.82, 2.24) is 9.21 Å². The number of rotatable bonds is 4. The summed E-state index contributed by atoms with van der Waals surface area (Å²) in [6.45, 7) is 13.4. The van der Waals surface area contributed by atoms with Gasteiger partial charge in [-0.3, -0.25) is 4.90 Å². The molecule has 2 heterocycles. The number of fused-ring (bicyclic) bond motifs is 1. The van der Waals surface area contributed by atoms with Gasteiger partial charge in [-0.2, -0.15) is 4.31 Å². The predicted molar refractivity (Wildman–Crippen MR) is 117 cm³/mol. The molecule has 30 heavy (non-hydrogen) atoms. The van der Waals surface area contributed by atoms with Gasteiger partial charge in [-0.15, -0.1) is 0 Å². The fourth-order valence-corrected chi connectivity index (χ4v) is 6.39. The van der Waals surface area contributed by atoms with E-state index in [9.17, 15) is 8.42 Å². The van der Waals surface area contributed by atoms with Gasteiger partial charge in [0.25, 0.3) is 0 Å². The van der Waals surface area contributed by atoms with E-state index >= 15 is 0 Å². The third-order valence-electron chi connectivity index (χ3n) is 6.70. The zero-order chi connectivity index (χ0) is 21.6. The number of hydrogen-bond donors (Lipinski definition) is 0. The topological polar surface area (TPSA) is 59.1 Å². The average Bonchev–Trinajstić information content (AvgIpc) is 3.19. The lowest BCUT2D eigenvalue weighted by molar-refractivity contribution is 0.173. The van der Waals surface area contributed by atoms with E-state index in [2.05, 4.69) is 11.8 Å². The molecule has 2 aromatic rings. The fourth-order valence-electron chi connectivity index (χ4n) is 4.41. The Bertz CT molecular complexity index is 1060. The molecule has 0 radical (unpaired) electrons. The Morgan fingerprint density at radius 2 is 1.37 bits per heavy atom. The highest BCUT2D eigenvalue weighted by molar-refractivity contribution is 7.89. The molecule has 0 unspecified atom stereocenters. The van der Waals surface area contributed by atoms with E-state index in [4.69, 9.17) is 9.47 Å². The molecule has 2 aliphatic rings. The van der Waals surface area contributed by atoms with Crippen molar-refractivity contribution in [2.75, 3.05) is 33.0 Å². The van der Waals surface area contributed by atoms with Gasteiger partial charge in [0, 0.05) is 32.7 Å². The quantitative estimate of drug-likeness (QED) is 0.744. The molecule has 2 aliphatic heterocycles. The van der Waals surface area contributed by atoms with Gasteiger partial charge < -0.3 is 9.47 Å². The molecule has 1 fully saturated rings. The monoisotopic (exact) mass is 430 g/mol. The highest BCUT2D eigenvalue weighted by Crippen LogP contribution is 2.34. The van der Waals surface area contributed by atoms with Gasteiger partial charge in [0.05, 0.1) is 4.90 Å². The van der Waals surface area contributed by atoms with Crippen LogP contribution >= 0.6 is 0 Å². The molecule has 162 valence electrons. The largest absolute Gasteiger partial charge is 0.454 e. The van der Waals surface area contributed by atoms with Crippen LogP contribution in [0.5, 0.6) is 11.5 Å². The van der Waals surface area contributed by atoms with E-state index in [1.807, 2.05) is 45.9 Å². The molecule has 4 rings (SSSR count). The molecule has 6 nitrogen and oxygen atoms in total. The molecule has 7 heteroatoms. The summed E-state index contributed by atoms with van der Waals surface area (Å²) in [5.74, 6) is 1.56. The summed E-state index contributed by atoms with van der Waals surface area (Å²) >= 11 is 0. The van der Waals surface area contributed by atoms with Crippen LogP contribution in [0.4, 0.5) is 0 Å². The lowest BCUT2D eigenvalue weighted by Crippen LogP contribution is -2.48. The van der Waals surface area contributed by atoms with Crippen LogP contribution in [0.15, 0.2) is 23.1 Å². The summed E-state index contributed by atoms with van der Waals surface area (Å²) in [5.41, 5.74) is 6.21. The second-order valence-electron chi connectivity index (χ2n) is 8.32. The molecule has 2 aromatic carbocycles. The minimum atomic E-state index is -3.52. The summed E-state index contributed by atoms with van der Waals surface area (Å²) in [4.78, 5) is 2.78. The zero-order valence-corrected chi connectivity index (χ0v) is 19.2. The molecule has 1 saturated heterocycles.